The smallest absolute Gasteiger partial charge is 1.00 e. The fraction of sp³-hybridized carbons (Fsp3) is 0.429. The molecular weight excluding hydrogens is 268 g/mol. The quantitative estimate of drug-likeness (QED) is 0.690. The van der Waals surface area contributed by atoms with E-state index in [2.05, 4.69) is 19.1 Å². The van der Waals surface area contributed by atoms with Crippen molar-refractivity contribution in [2.24, 2.45) is 0 Å². The molecule has 0 bridgehead atoms. The van der Waals surface area contributed by atoms with Crippen molar-refractivity contribution in [1.82, 2.24) is 0 Å². The Kier molecular flexibility index (Phi) is 2.07. The van der Waals surface area contributed by atoms with E-state index < -0.39 is 0 Å². The largest absolute Gasteiger partial charge is 1.00 e. The van der Waals surface area contributed by atoms with Crippen molar-refractivity contribution in [3.8, 4) is 0 Å². The van der Waals surface area contributed by atoms with Gasteiger partial charge in [0.2, 0.25) is 0 Å². The Hall–Kier alpha value is 0.168. The van der Waals surface area contributed by atoms with Gasteiger partial charge in [-0.1, -0.05) is 0 Å². The average Bonchev–Trinajstić information content (AvgIpc) is 2.14. The van der Waals surface area contributed by atoms with Crippen molar-refractivity contribution in [2.45, 2.75) is 19.8 Å². The summed E-state index contributed by atoms with van der Waals surface area (Å²) in [6, 6.07) is 0. The number of rotatable bonds is 1. The first-order valence-corrected chi connectivity index (χ1v) is 4.37. The summed E-state index contributed by atoms with van der Waals surface area (Å²) < 4.78 is 1.63. The van der Waals surface area contributed by atoms with E-state index in [0.717, 1.165) is 0 Å². The van der Waals surface area contributed by atoms with Gasteiger partial charge in [-0.25, -0.2) is 0 Å². The van der Waals surface area contributed by atoms with Crippen molar-refractivity contribution in [2.75, 3.05) is 0 Å². The van der Waals surface area contributed by atoms with Crippen molar-refractivity contribution in [3.05, 3.63) is 21.7 Å². The summed E-state index contributed by atoms with van der Waals surface area (Å²) in [4.78, 5) is 0. The minimum absolute atomic E-state index is 0. The Morgan fingerprint density at radius 3 is 2.88 bits per heavy atom. The molecule has 0 radical (unpaired) electrons. The van der Waals surface area contributed by atoms with Crippen LogP contribution in [0, 0.1) is 0 Å². The maximum atomic E-state index is 2.25. The molecule has 0 saturated heterocycles. The van der Waals surface area contributed by atoms with Gasteiger partial charge in [0, 0.05) is 0 Å². The Morgan fingerprint density at radius 1 is 1.88 bits per heavy atom. The molecule has 0 atom stereocenters. The van der Waals surface area contributed by atoms with E-state index in [1.807, 2.05) is 0 Å². The molecule has 0 unspecified atom stereocenters. The minimum Gasteiger partial charge on any atom is -1.00 e. The predicted molar refractivity (Wildman–Crippen MR) is 32.2 cm³/mol. The van der Waals surface area contributed by atoms with E-state index in [1.54, 1.807) is 29.3 Å². The van der Waals surface area contributed by atoms with Gasteiger partial charge < -0.3 is 1.43 Å². The Morgan fingerprint density at radius 2 is 2.62 bits per heavy atom. The number of hydrogen-bond acceptors (Lipinski definition) is 0. The summed E-state index contributed by atoms with van der Waals surface area (Å²) in [6.45, 7) is 2.22. The van der Waals surface area contributed by atoms with Gasteiger partial charge in [-0.2, -0.15) is 0 Å². The molecule has 0 N–H and O–H groups in total. The predicted octanol–water partition coefficient (Wildman–Crippen LogP) is 2.27. The second-order valence-corrected chi connectivity index (χ2v) is 3.68. The van der Waals surface area contributed by atoms with Gasteiger partial charge >= 0.3 is 61.3 Å². The molecular formula is C7H10W-. The summed E-state index contributed by atoms with van der Waals surface area (Å²) in [5.74, 6) is 0. The first-order valence-electron chi connectivity index (χ1n) is 2.90. The SMILES string of the molecule is CCC1=[C]([W])CC=C1.[H-]. The van der Waals surface area contributed by atoms with Crippen LogP contribution in [0.2, 0.25) is 0 Å². The van der Waals surface area contributed by atoms with Crippen molar-refractivity contribution < 1.29 is 21.2 Å². The first kappa shape index (κ1) is 6.29. The summed E-state index contributed by atoms with van der Waals surface area (Å²) in [5, 5.41) is 0. The van der Waals surface area contributed by atoms with Gasteiger partial charge in [0.05, 0.1) is 0 Å². The molecule has 0 fully saturated rings. The topological polar surface area (TPSA) is 0 Å². The van der Waals surface area contributed by atoms with Crippen LogP contribution in [0.4, 0.5) is 0 Å². The van der Waals surface area contributed by atoms with Crippen LogP contribution in [0.15, 0.2) is 21.7 Å². The van der Waals surface area contributed by atoms with E-state index in [1.165, 1.54) is 12.8 Å². The maximum Gasteiger partial charge on any atom is -1.00 e. The van der Waals surface area contributed by atoms with Crippen LogP contribution >= 0.6 is 0 Å². The van der Waals surface area contributed by atoms with Gasteiger partial charge in [-0.15, -0.1) is 0 Å². The summed E-state index contributed by atoms with van der Waals surface area (Å²) in [5.41, 5.74) is 1.57. The van der Waals surface area contributed by atoms with Crippen LogP contribution < -0.4 is 0 Å². The third-order valence-electron chi connectivity index (χ3n) is 1.36. The van der Waals surface area contributed by atoms with E-state index in [4.69, 9.17) is 0 Å². The van der Waals surface area contributed by atoms with Crippen LogP contribution in [0.25, 0.3) is 0 Å². The van der Waals surface area contributed by atoms with Crippen LogP contribution in [0.5, 0.6) is 0 Å². The second kappa shape index (κ2) is 2.64. The van der Waals surface area contributed by atoms with Crippen LogP contribution in [-0.4, -0.2) is 0 Å². The molecule has 0 spiro atoms. The van der Waals surface area contributed by atoms with Gasteiger partial charge in [0.15, 0.2) is 0 Å². The average molecular weight is 278 g/mol. The Bertz CT molecular complexity index is 147. The molecule has 0 nitrogen and oxygen atoms in total. The minimum atomic E-state index is 0. The van der Waals surface area contributed by atoms with Crippen molar-refractivity contribution in [1.29, 1.82) is 0 Å². The van der Waals surface area contributed by atoms with Gasteiger partial charge in [0.25, 0.3) is 0 Å². The van der Waals surface area contributed by atoms with Gasteiger partial charge in [0.1, 0.15) is 0 Å². The third-order valence-corrected chi connectivity index (χ3v) is 2.90. The first-order chi connectivity index (χ1) is 3.84. The maximum absolute atomic E-state index is 2.25. The normalized spacial score (nSPS) is 18.1. The van der Waals surface area contributed by atoms with Crippen LogP contribution in [-0.2, 0) is 19.8 Å². The number of hydrogen-bond donors (Lipinski definition) is 0. The fourth-order valence-electron chi connectivity index (χ4n) is 0.847. The van der Waals surface area contributed by atoms with Gasteiger partial charge in [-0.3, -0.25) is 0 Å². The van der Waals surface area contributed by atoms with E-state index in [0.29, 0.717) is 0 Å². The van der Waals surface area contributed by atoms with Crippen LogP contribution in [0.3, 0.4) is 0 Å². The summed E-state index contributed by atoms with van der Waals surface area (Å²) >= 11 is 1.64. The summed E-state index contributed by atoms with van der Waals surface area (Å²) in [6.07, 6.45) is 6.94. The fourth-order valence-corrected chi connectivity index (χ4v) is 1.96. The Labute approximate surface area is 63.1 Å². The standard InChI is InChI=1S/C7H9.W.H/c1-2-7-5-3-4-6-7;;/h3,5H,2,4H2,1H3;;/q;;-1. The molecule has 1 heteroatoms. The van der Waals surface area contributed by atoms with E-state index >= 15 is 0 Å². The zero-order valence-electron chi connectivity index (χ0n) is 5.98. The zero-order valence-corrected chi connectivity index (χ0v) is 7.91. The Balaban J connectivity index is 0.000000640. The van der Waals surface area contributed by atoms with E-state index in [-0.39, 0.29) is 1.43 Å². The molecule has 8 heavy (non-hydrogen) atoms. The third kappa shape index (κ3) is 1.11. The molecule has 45 valence electrons. The molecule has 0 aromatic rings. The van der Waals surface area contributed by atoms with Crippen molar-refractivity contribution in [3.63, 3.8) is 0 Å². The second-order valence-electron chi connectivity index (χ2n) is 1.91. The number of allylic oxidation sites excluding steroid dienone is 4. The molecule has 1 aliphatic carbocycles. The monoisotopic (exact) mass is 278 g/mol. The molecule has 0 saturated carbocycles. The molecule has 0 aromatic heterocycles. The van der Waals surface area contributed by atoms with Crippen molar-refractivity contribution >= 4 is 0 Å². The molecule has 0 aromatic carbocycles. The zero-order chi connectivity index (χ0) is 5.98. The molecule has 0 amide bonds. The molecule has 0 heterocycles. The molecule has 1 rings (SSSR count). The van der Waals surface area contributed by atoms with Gasteiger partial charge in [-0.05, 0) is 0 Å². The summed E-state index contributed by atoms with van der Waals surface area (Å²) in [7, 11) is 0. The van der Waals surface area contributed by atoms with E-state index in [9.17, 15) is 0 Å². The van der Waals surface area contributed by atoms with Crippen LogP contribution in [0.1, 0.15) is 21.2 Å². The molecule has 1 aliphatic rings. The molecule has 0 aliphatic heterocycles.